The zero-order valence-corrected chi connectivity index (χ0v) is 12.5. The average Bonchev–Trinajstić information content (AvgIpc) is 2.68. The van der Waals surface area contributed by atoms with Gasteiger partial charge in [0, 0.05) is 5.41 Å². The summed E-state index contributed by atoms with van der Waals surface area (Å²) in [6.07, 6.45) is -6.15. The molecule has 0 aliphatic heterocycles. The minimum absolute atomic E-state index is 0.152. The number of hydrogen-bond donors (Lipinski definition) is 0. The van der Waals surface area contributed by atoms with E-state index in [-0.39, 0.29) is 12.8 Å². The topological polar surface area (TPSA) is 34.1 Å². The first-order valence-corrected chi connectivity index (χ1v) is 6.94. The lowest BCUT2D eigenvalue weighted by Gasteiger charge is -2.32. The fourth-order valence-electron chi connectivity index (χ4n) is 3.92. The van der Waals surface area contributed by atoms with E-state index in [2.05, 4.69) is 0 Å². The molecule has 0 N–H and O–H groups in total. The van der Waals surface area contributed by atoms with Crippen LogP contribution in [0, 0.1) is 22.7 Å². The third-order valence-electron chi connectivity index (χ3n) is 5.88. The fourth-order valence-corrected chi connectivity index (χ4v) is 3.92. The number of rotatable bonds is 3. The van der Waals surface area contributed by atoms with Crippen LogP contribution in [0.2, 0.25) is 0 Å². The van der Waals surface area contributed by atoms with Crippen LogP contribution >= 0.6 is 0 Å². The standard InChI is InChI=1S/C14H15F7O2/c1-10(2)6-4-5-11(10,3)8(22)7(6)9(23)12(15,16)13(17,18)14(19,20)21/h6-7H,4-5H2,1-3H3. The number of ketones is 2. The zero-order chi connectivity index (χ0) is 18.2. The fraction of sp³-hybridized carbons (Fsp3) is 0.857. The molecule has 0 spiro atoms. The van der Waals surface area contributed by atoms with Crippen LogP contribution in [0.4, 0.5) is 30.7 Å². The Labute approximate surface area is 127 Å². The normalized spacial score (nSPS) is 34.1. The molecule has 2 fully saturated rings. The molecule has 0 amide bonds. The van der Waals surface area contributed by atoms with Crippen molar-refractivity contribution in [2.24, 2.45) is 22.7 Å². The Bertz CT molecular complexity index is 564. The molecule has 3 unspecified atom stereocenters. The highest BCUT2D eigenvalue weighted by Crippen LogP contribution is 2.66. The number of alkyl halides is 7. The van der Waals surface area contributed by atoms with Crippen molar-refractivity contribution in [3.8, 4) is 0 Å². The minimum atomic E-state index is -6.59. The van der Waals surface area contributed by atoms with Crippen molar-refractivity contribution < 1.29 is 40.3 Å². The van der Waals surface area contributed by atoms with Crippen LogP contribution in [0.25, 0.3) is 0 Å². The van der Waals surface area contributed by atoms with E-state index >= 15 is 0 Å². The van der Waals surface area contributed by atoms with E-state index in [1.807, 2.05) is 0 Å². The van der Waals surface area contributed by atoms with Crippen LogP contribution in [0.3, 0.4) is 0 Å². The molecule has 2 saturated carbocycles. The summed E-state index contributed by atoms with van der Waals surface area (Å²) in [4.78, 5) is 24.1. The molecule has 2 bridgehead atoms. The maximum Gasteiger partial charge on any atom is 0.460 e. The molecule has 0 aromatic heterocycles. The van der Waals surface area contributed by atoms with Crippen LogP contribution in [0.5, 0.6) is 0 Å². The van der Waals surface area contributed by atoms with Crippen molar-refractivity contribution >= 4 is 11.6 Å². The quantitative estimate of drug-likeness (QED) is 0.570. The molecule has 0 aromatic carbocycles. The summed E-state index contributed by atoms with van der Waals surface area (Å²) in [5.41, 5.74) is -2.10. The predicted molar refractivity (Wildman–Crippen MR) is 64.1 cm³/mol. The monoisotopic (exact) mass is 348 g/mol. The van der Waals surface area contributed by atoms with Crippen molar-refractivity contribution in [1.29, 1.82) is 0 Å². The van der Waals surface area contributed by atoms with Gasteiger partial charge in [-0.15, -0.1) is 0 Å². The molecule has 2 aliphatic carbocycles. The maximum absolute atomic E-state index is 13.6. The molecule has 0 saturated heterocycles. The summed E-state index contributed by atoms with van der Waals surface area (Å²) >= 11 is 0. The second kappa shape index (κ2) is 4.47. The molecule has 9 heteroatoms. The summed E-state index contributed by atoms with van der Waals surface area (Å²) in [7, 11) is 0. The number of carbonyl (C=O) groups excluding carboxylic acids is 2. The van der Waals surface area contributed by atoms with E-state index in [4.69, 9.17) is 0 Å². The van der Waals surface area contributed by atoms with Crippen molar-refractivity contribution in [3.05, 3.63) is 0 Å². The van der Waals surface area contributed by atoms with Gasteiger partial charge in [0.25, 0.3) is 0 Å². The van der Waals surface area contributed by atoms with Crippen LogP contribution in [-0.4, -0.2) is 29.6 Å². The Hall–Kier alpha value is -1.15. The van der Waals surface area contributed by atoms with E-state index in [0.717, 1.165) is 0 Å². The molecular formula is C14H15F7O2. The first-order valence-electron chi connectivity index (χ1n) is 6.94. The number of halogens is 7. The van der Waals surface area contributed by atoms with Crippen molar-refractivity contribution in [3.63, 3.8) is 0 Å². The number of Topliss-reactive ketones (excluding diaryl/α,β-unsaturated/α-hetero) is 2. The Kier molecular flexibility index (Phi) is 3.54. The van der Waals surface area contributed by atoms with Gasteiger partial charge in [-0.05, 0) is 24.2 Å². The van der Waals surface area contributed by atoms with Crippen molar-refractivity contribution in [2.45, 2.75) is 51.6 Å². The van der Waals surface area contributed by atoms with Crippen molar-refractivity contribution in [2.75, 3.05) is 0 Å². The van der Waals surface area contributed by atoms with Gasteiger partial charge in [0.15, 0.2) is 0 Å². The van der Waals surface area contributed by atoms with E-state index in [9.17, 15) is 40.3 Å². The van der Waals surface area contributed by atoms with Crippen molar-refractivity contribution in [1.82, 2.24) is 0 Å². The molecule has 0 heterocycles. The predicted octanol–water partition coefficient (Wildman–Crippen LogP) is 4.03. The largest absolute Gasteiger partial charge is 0.460 e. The molecular weight excluding hydrogens is 333 g/mol. The summed E-state index contributed by atoms with van der Waals surface area (Å²) in [6, 6.07) is 0. The lowest BCUT2D eigenvalue weighted by Crippen LogP contribution is -2.59. The highest BCUT2D eigenvalue weighted by molar-refractivity contribution is 6.10. The highest BCUT2D eigenvalue weighted by atomic mass is 19.4. The van der Waals surface area contributed by atoms with Gasteiger partial charge in [0.2, 0.25) is 5.78 Å². The van der Waals surface area contributed by atoms with Gasteiger partial charge in [-0.2, -0.15) is 30.7 Å². The van der Waals surface area contributed by atoms with E-state index in [0.29, 0.717) is 0 Å². The molecule has 3 atom stereocenters. The summed E-state index contributed by atoms with van der Waals surface area (Å²) in [5.74, 6) is -19.2. The Morgan fingerprint density at radius 3 is 1.87 bits per heavy atom. The molecule has 2 aliphatic rings. The van der Waals surface area contributed by atoms with E-state index in [1.54, 1.807) is 0 Å². The Morgan fingerprint density at radius 2 is 1.52 bits per heavy atom. The second-order valence-electron chi connectivity index (χ2n) is 7.05. The van der Waals surface area contributed by atoms with Gasteiger partial charge in [0.05, 0.1) is 5.92 Å². The molecule has 0 aromatic rings. The Morgan fingerprint density at radius 1 is 1.04 bits per heavy atom. The molecule has 2 rings (SSSR count). The van der Waals surface area contributed by atoms with Crippen LogP contribution < -0.4 is 0 Å². The minimum Gasteiger partial charge on any atom is -0.298 e. The van der Waals surface area contributed by atoms with Gasteiger partial charge in [-0.1, -0.05) is 20.8 Å². The number of fused-ring (bicyclic) bond motifs is 2. The Balaban J connectivity index is 2.45. The maximum atomic E-state index is 13.6. The van der Waals surface area contributed by atoms with Gasteiger partial charge < -0.3 is 0 Å². The lowest BCUT2D eigenvalue weighted by atomic mass is 9.70. The van der Waals surface area contributed by atoms with Gasteiger partial charge in [-0.3, -0.25) is 9.59 Å². The smallest absolute Gasteiger partial charge is 0.298 e. The van der Waals surface area contributed by atoms with Gasteiger partial charge in [-0.25, -0.2) is 0 Å². The van der Waals surface area contributed by atoms with E-state index < -0.39 is 52.3 Å². The molecule has 132 valence electrons. The first-order chi connectivity index (χ1) is 10.0. The van der Waals surface area contributed by atoms with Crippen LogP contribution in [0.1, 0.15) is 33.6 Å². The lowest BCUT2D eigenvalue weighted by molar-refractivity contribution is -0.344. The van der Waals surface area contributed by atoms with Gasteiger partial charge >= 0.3 is 18.0 Å². The third kappa shape index (κ3) is 1.94. The third-order valence-corrected chi connectivity index (χ3v) is 5.88. The van der Waals surface area contributed by atoms with Crippen LogP contribution in [-0.2, 0) is 9.59 Å². The summed E-state index contributed by atoms with van der Waals surface area (Å²) < 4.78 is 90.1. The second-order valence-corrected chi connectivity index (χ2v) is 7.05. The summed E-state index contributed by atoms with van der Waals surface area (Å²) in [6.45, 7) is 4.51. The van der Waals surface area contributed by atoms with Gasteiger partial charge in [0.1, 0.15) is 5.78 Å². The highest BCUT2D eigenvalue weighted by Gasteiger charge is 2.79. The summed E-state index contributed by atoms with van der Waals surface area (Å²) in [5, 5.41) is 0. The first kappa shape index (κ1) is 18.2. The number of carbonyl (C=O) groups is 2. The van der Waals surface area contributed by atoms with Crippen LogP contribution in [0.15, 0.2) is 0 Å². The molecule has 0 radical (unpaired) electrons. The number of hydrogen-bond acceptors (Lipinski definition) is 2. The molecule has 2 nitrogen and oxygen atoms in total. The zero-order valence-electron chi connectivity index (χ0n) is 12.5. The molecule has 23 heavy (non-hydrogen) atoms. The SMILES string of the molecule is CC12CCC(C(C(=O)C(F)(F)C(F)(F)C(F)(F)F)C1=O)C2(C)C. The van der Waals surface area contributed by atoms with E-state index in [1.165, 1.54) is 20.8 Å². The average molecular weight is 348 g/mol.